The van der Waals surface area contributed by atoms with Crippen molar-refractivity contribution in [3.63, 3.8) is 0 Å². The number of imidazole rings is 1. The molecule has 2 aromatic carbocycles. The maximum Gasteiger partial charge on any atom is 0.119 e. The molecule has 0 fully saturated rings. The molecule has 0 bridgehead atoms. The summed E-state index contributed by atoms with van der Waals surface area (Å²) in [6, 6.07) is 16.8. The third kappa shape index (κ3) is 6.97. The van der Waals surface area contributed by atoms with E-state index in [9.17, 15) is 0 Å². The third-order valence-electron chi connectivity index (χ3n) is 6.77. The SMILES string of the molecule is COc1ccc2cc(-c3nc(C(C)(C)CN(CCCSC)CC(C)(C)C)[nH]c3-c3ccncc3)ccc2c1. The smallest absolute Gasteiger partial charge is 0.119 e. The lowest BCUT2D eigenvalue weighted by molar-refractivity contribution is 0.160. The van der Waals surface area contributed by atoms with Crippen LogP contribution in [0.15, 0.2) is 60.9 Å². The average molecular weight is 531 g/mol. The van der Waals surface area contributed by atoms with Crippen LogP contribution >= 0.6 is 11.8 Å². The highest BCUT2D eigenvalue weighted by atomic mass is 32.2. The number of nitrogens with one attached hydrogen (secondary N) is 1. The van der Waals surface area contributed by atoms with Crippen LogP contribution in [-0.2, 0) is 5.41 Å². The van der Waals surface area contributed by atoms with Gasteiger partial charge in [-0.3, -0.25) is 4.98 Å². The number of benzene rings is 2. The second-order valence-corrected chi connectivity index (χ2v) is 13.0. The van der Waals surface area contributed by atoms with Crippen molar-refractivity contribution >= 4 is 22.5 Å². The molecule has 5 nitrogen and oxygen atoms in total. The lowest BCUT2D eigenvalue weighted by atomic mass is 9.89. The quantitative estimate of drug-likeness (QED) is 0.202. The van der Waals surface area contributed by atoms with Crippen molar-refractivity contribution in [3.8, 4) is 28.3 Å². The summed E-state index contributed by atoms with van der Waals surface area (Å²) in [7, 11) is 1.70. The van der Waals surface area contributed by atoms with E-state index >= 15 is 0 Å². The Morgan fingerprint density at radius 1 is 0.895 bits per heavy atom. The van der Waals surface area contributed by atoms with Crippen molar-refractivity contribution in [2.45, 2.75) is 46.5 Å². The van der Waals surface area contributed by atoms with Crippen LogP contribution in [0.25, 0.3) is 33.3 Å². The molecule has 2 heterocycles. The van der Waals surface area contributed by atoms with Gasteiger partial charge in [0.15, 0.2) is 0 Å². The van der Waals surface area contributed by atoms with Crippen LogP contribution in [0.3, 0.4) is 0 Å². The molecule has 202 valence electrons. The number of fused-ring (bicyclic) bond motifs is 1. The van der Waals surface area contributed by atoms with Crippen LogP contribution < -0.4 is 4.74 Å². The first-order valence-electron chi connectivity index (χ1n) is 13.4. The van der Waals surface area contributed by atoms with Gasteiger partial charge in [0, 0.05) is 42.0 Å². The van der Waals surface area contributed by atoms with E-state index < -0.39 is 0 Å². The molecule has 0 saturated carbocycles. The summed E-state index contributed by atoms with van der Waals surface area (Å²) in [6.07, 6.45) is 7.07. The summed E-state index contributed by atoms with van der Waals surface area (Å²) < 4.78 is 5.42. The van der Waals surface area contributed by atoms with Gasteiger partial charge in [-0.15, -0.1) is 0 Å². The van der Waals surface area contributed by atoms with E-state index in [4.69, 9.17) is 9.72 Å². The largest absolute Gasteiger partial charge is 0.497 e. The normalized spacial score (nSPS) is 12.4. The number of hydrogen-bond acceptors (Lipinski definition) is 5. The van der Waals surface area contributed by atoms with Gasteiger partial charge in [0.2, 0.25) is 0 Å². The van der Waals surface area contributed by atoms with Crippen LogP contribution in [0.4, 0.5) is 0 Å². The highest BCUT2D eigenvalue weighted by molar-refractivity contribution is 7.98. The second-order valence-electron chi connectivity index (χ2n) is 12.0. The Hall–Kier alpha value is -2.83. The Morgan fingerprint density at radius 2 is 1.61 bits per heavy atom. The minimum absolute atomic E-state index is 0.158. The maximum absolute atomic E-state index is 5.42. The zero-order valence-electron chi connectivity index (χ0n) is 24.0. The first kappa shape index (κ1) is 28.2. The zero-order chi connectivity index (χ0) is 27.3. The number of pyridine rings is 1. The van der Waals surface area contributed by atoms with E-state index in [2.05, 4.69) is 86.1 Å². The van der Waals surface area contributed by atoms with E-state index in [1.54, 1.807) is 7.11 Å². The third-order valence-corrected chi connectivity index (χ3v) is 7.47. The van der Waals surface area contributed by atoms with Crippen molar-refractivity contribution < 1.29 is 4.74 Å². The molecule has 0 unspecified atom stereocenters. The molecule has 6 heteroatoms. The molecule has 4 aromatic rings. The van der Waals surface area contributed by atoms with Gasteiger partial charge in [0.1, 0.15) is 11.6 Å². The van der Waals surface area contributed by atoms with Gasteiger partial charge in [-0.05, 0) is 71.5 Å². The van der Waals surface area contributed by atoms with Gasteiger partial charge < -0.3 is 14.6 Å². The monoisotopic (exact) mass is 530 g/mol. The summed E-state index contributed by atoms with van der Waals surface area (Å²) in [5, 5.41) is 2.32. The molecule has 4 rings (SSSR count). The Labute approximate surface area is 232 Å². The molecule has 2 aromatic heterocycles. The number of nitrogens with zero attached hydrogens (tertiary/aromatic N) is 3. The second kappa shape index (κ2) is 11.9. The van der Waals surface area contributed by atoms with E-state index in [1.165, 1.54) is 12.2 Å². The zero-order valence-corrected chi connectivity index (χ0v) is 24.8. The first-order valence-corrected chi connectivity index (χ1v) is 14.8. The molecular formula is C32H42N4OS. The molecule has 1 N–H and O–H groups in total. The molecule has 0 spiro atoms. The predicted octanol–water partition coefficient (Wildman–Crippen LogP) is 7.68. The highest BCUT2D eigenvalue weighted by Crippen LogP contribution is 2.36. The molecule has 0 aliphatic carbocycles. The summed E-state index contributed by atoms with van der Waals surface area (Å²) in [5.74, 6) is 3.06. The van der Waals surface area contributed by atoms with Crippen LogP contribution in [0.1, 0.15) is 46.9 Å². The van der Waals surface area contributed by atoms with Crippen molar-refractivity contribution in [2.75, 3.05) is 38.8 Å². The van der Waals surface area contributed by atoms with E-state index in [0.29, 0.717) is 0 Å². The van der Waals surface area contributed by atoms with Crippen LogP contribution in [0, 0.1) is 5.41 Å². The minimum atomic E-state index is -0.158. The van der Waals surface area contributed by atoms with Crippen LogP contribution in [-0.4, -0.2) is 58.6 Å². The number of rotatable bonds is 11. The molecule has 0 saturated heterocycles. The van der Waals surface area contributed by atoms with Gasteiger partial charge >= 0.3 is 0 Å². The van der Waals surface area contributed by atoms with Gasteiger partial charge in [0.25, 0.3) is 0 Å². The molecular weight excluding hydrogens is 488 g/mol. The number of aromatic nitrogens is 3. The summed E-state index contributed by atoms with van der Waals surface area (Å²) >= 11 is 1.92. The van der Waals surface area contributed by atoms with E-state index in [1.807, 2.05) is 42.4 Å². The number of hydrogen-bond donors (Lipinski definition) is 1. The van der Waals surface area contributed by atoms with Gasteiger partial charge in [-0.2, -0.15) is 11.8 Å². The Bertz CT molecular complexity index is 1340. The highest BCUT2D eigenvalue weighted by Gasteiger charge is 2.30. The van der Waals surface area contributed by atoms with E-state index in [0.717, 1.165) is 64.5 Å². The van der Waals surface area contributed by atoms with Crippen molar-refractivity contribution in [1.29, 1.82) is 0 Å². The predicted molar refractivity (Wildman–Crippen MR) is 163 cm³/mol. The Kier molecular flexibility index (Phi) is 8.84. The van der Waals surface area contributed by atoms with Crippen molar-refractivity contribution in [3.05, 3.63) is 66.7 Å². The molecule has 0 aliphatic heterocycles. The number of aromatic amines is 1. The van der Waals surface area contributed by atoms with Crippen LogP contribution in [0.2, 0.25) is 0 Å². The van der Waals surface area contributed by atoms with Crippen molar-refractivity contribution in [1.82, 2.24) is 19.9 Å². The number of thioether (sulfide) groups is 1. The topological polar surface area (TPSA) is 54.0 Å². The standard InChI is InChI=1S/C32H42N4OS/c1-31(2,3)21-36(17-8-18-38-7)22-32(4,5)30-34-28(23-13-15-33-16-14-23)29(35-30)26-10-9-25-20-27(37-6)12-11-24(25)19-26/h9-16,19-20H,8,17-18,21-22H2,1-7H3,(H,34,35). The van der Waals surface area contributed by atoms with Gasteiger partial charge in [0.05, 0.1) is 18.5 Å². The minimum Gasteiger partial charge on any atom is -0.497 e. The molecule has 0 atom stereocenters. The molecule has 0 aliphatic rings. The van der Waals surface area contributed by atoms with Gasteiger partial charge in [-0.25, -0.2) is 4.98 Å². The number of methoxy groups -OCH3 is 1. The Balaban J connectivity index is 1.73. The molecule has 38 heavy (non-hydrogen) atoms. The van der Waals surface area contributed by atoms with Gasteiger partial charge in [-0.1, -0.05) is 52.8 Å². The average Bonchev–Trinajstić information content (AvgIpc) is 3.34. The molecule has 0 radical (unpaired) electrons. The molecule has 0 amide bonds. The Morgan fingerprint density at radius 3 is 2.29 bits per heavy atom. The fraction of sp³-hybridized carbons (Fsp3) is 0.438. The van der Waals surface area contributed by atoms with Crippen molar-refractivity contribution in [2.24, 2.45) is 5.41 Å². The first-order chi connectivity index (χ1) is 18.1. The number of ether oxygens (including phenoxy) is 1. The number of H-pyrrole nitrogens is 1. The lowest BCUT2D eigenvalue weighted by Gasteiger charge is -2.35. The lowest BCUT2D eigenvalue weighted by Crippen LogP contribution is -2.42. The maximum atomic E-state index is 5.42. The summed E-state index contributed by atoms with van der Waals surface area (Å²) in [5.41, 5.74) is 4.27. The fourth-order valence-corrected chi connectivity index (χ4v) is 5.50. The summed E-state index contributed by atoms with van der Waals surface area (Å²) in [4.78, 5) is 15.9. The van der Waals surface area contributed by atoms with E-state index in [-0.39, 0.29) is 10.8 Å². The van der Waals surface area contributed by atoms with Crippen LogP contribution in [0.5, 0.6) is 5.75 Å². The fourth-order valence-electron chi connectivity index (χ4n) is 5.08. The summed E-state index contributed by atoms with van der Waals surface area (Å²) in [6.45, 7) is 14.7.